The van der Waals surface area contributed by atoms with E-state index in [1.165, 1.54) is 11.3 Å². The van der Waals surface area contributed by atoms with Crippen LogP contribution in [0.1, 0.15) is 18.5 Å². The molecule has 2 aromatic heterocycles. The molecular weight excluding hydrogens is 290 g/mol. The number of carbonyl (C=O) groups is 2. The number of hydrogen-bond acceptors (Lipinski definition) is 5. The van der Waals surface area contributed by atoms with E-state index >= 15 is 0 Å². The number of rotatable bonds is 4. The van der Waals surface area contributed by atoms with Gasteiger partial charge in [0, 0.05) is 37.7 Å². The van der Waals surface area contributed by atoms with Gasteiger partial charge in [-0.2, -0.15) is 5.10 Å². The molecule has 0 saturated carbocycles. The van der Waals surface area contributed by atoms with Gasteiger partial charge in [0.1, 0.15) is 0 Å². The predicted molar refractivity (Wildman–Crippen MR) is 79.2 cm³/mol. The molecule has 1 saturated heterocycles. The molecule has 0 aromatic carbocycles. The number of nitrogens with one attached hydrogen (secondary N) is 1. The highest BCUT2D eigenvalue weighted by Crippen LogP contribution is 2.25. The van der Waals surface area contributed by atoms with Crippen LogP contribution in [0.2, 0.25) is 0 Å². The van der Waals surface area contributed by atoms with Crippen LogP contribution in [0.15, 0.2) is 17.6 Å². The van der Waals surface area contributed by atoms with Gasteiger partial charge < -0.3 is 5.32 Å². The van der Waals surface area contributed by atoms with Crippen LogP contribution in [0.5, 0.6) is 0 Å². The van der Waals surface area contributed by atoms with Gasteiger partial charge in [-0.3, -0.25) is 19.2 Å². The molecule has 0 bridgehead atoms. The summed E-state index contributed by atoms with van der Waals surface area (Å²) in [5.41, 5.74) is 0.670. The van der Waals surface area contributed by atoms with Gasteiger partial charge in [-0.05, 0) is 6.42 Å². The summed E-state index contributed by atoms with van der Waals surface area (Å²) < 4.78 is 1.62. The molecule has 0 radical (unpaired) electrons. The summed E-state index contributed by atoms with van der Waals surface area (Å²) in [5.74, 6) is 0.458. The van der Waals surface area contributed by atoms with E-state index in [0.717, 1.165) is 6.42 Å². The summed E-state index contributed by atoms with van der Waals surface area (Å²) in [6.07, 6.45) is 3.38. The monoisotopic (exact) mass is 305 g/mol. The van der Waals surface area contributed by atoms with E-state index in [2.05, 4.69) is 15.4 Å². The normalized spacial score (nSPS) is 14.7. The maximum Gasteiger partial charge on any atom is 0.231 e. The lowest BCUT2D eigenvalue weighted by atomic mass is 10.3. The minimum Gasteiger partial charge on any atom is -0.309 e. The topological polar surface area (TPSA) is 80.1 Å². The first kappa shape index (κ1) is 13.7. The molecule has 0 atom stereocenters. The minimum absolute atomic E-state index is 0.105. The number of aryl methyl sites for hydroxylation is 1. The van der Waals surface area contributed by atoms with Crippen molar-refractivity contribution in [3.8, 4) is 0 Å². The Hall–Kier alpha value is -2.22. The second-order valence-electron chi connectivity index (χ2n) is 4.87. The van der Waals surface area contributed by atoms with Crippen LogP contribution >= 0.6 is 11.3 Å². The Balaban J connectivity index is 1.61. The Morgan fingerprint density at radius 2 is 2.38 bits per heavy atom. The summed E-state index contributed by atoms with van der Waals surface area (Å²) in [6, 6.07) is 1.73. The van der Waals surface area contributed by atoms with Gasteiger partial charge in [0.15, 0.2) is 10.9 Å². The van der Waals surface area contributed by atoms with Gasteiger partial charge >= 0.3 is 0 Å². The molecule has 2 aromatic rings. The third-order valence-electron chi connectivity index (χ3n) is 3.17. The molecule has 21 heavy (non-hydrogen) atoms. The van der Waals surface area contributed by atoms with E-state index < -0.39 is 0 Å². The average molecular weight is 305 g/mol. The predicted octanol–water partition coefficient (Wildman–Crippen LogP) is 1.18. The van der Waals surface area contributed by atoms with Crippen LogP contribution in [-0.4, -0.2) is 33.1 Å². The fraction of sp³-hybridized carbons (Fsp3) is 0.385. The number of amides is 2. The summed E-state index contributed by atoms with van der Waals surface area (Å²) in [6.45, 7) is 0.714. The average Bonchev–Trinajstić information content (AvgIpc) is 3.12. The van der Waals surface area contributed by atoms with E-state index in [4.69, 9.17) is 0 Å². The maximum atomic E-state index is 11.9. The molecule has 0 unspecified atom stereocenters. The van der Waals surface area contributed by atoms with Crippen molar-refractivity contribution in [1.29, 1.82) is 0 Å². The number of thiazole rings is 1. The fourth-order valence-electron chi connectivity index (χ4n) is 2.19. The molecule has 8 heteroatoms. The SMILES string of the molecule is Cn1ccc(NC(=O)Cc2csc(N3CCCC3=O)n2)n1. The van der Waals surface area contributed by atoms with E-state index in [-0.39, 0.29) is 18.2 Å². The lowest BCUT2D eigenvalue weighted by Crippen LogP contribution is -2.23. The van der Waals surface area contributed by atoms with Crippen molar-refractivity contribution in [2.45, 2.75) is 19.3 Å². The first-order chi connectivity index (χ1) is 10.1. The van der Waals surface area contributed by atoms with E-state index in [9.17, 15) is 9.59 Å². The smallest absolute Gasteiger partial charge is 0.231 e. The molecule has 2 amide bonds. The zero-order valence-corrected chi connectivity index (χ0v) is 12.4. The maximum absolute atomic E-state index is 11.9. The van der Waals surface area contributed by atoms with Crippen LogP contribution < -0.4 is 10.2 Å². The van der Waals surface area contributed by atoms with Gasteiger partial charge in [-0.15, -0.1) is 11.3 Å². The zero-order valence-electron chi connectivity index (χ0n) is 11.6. The van der Waals surface area contributed by atoms with Crippen molar-refractivity contribution in [1.82, 2.24) is 14.8 Å². The van der Waals surface area contributed by atoms with Crippen molar-refractivity contribution in [2.75, 3.05) is 16.8 Å². The third-order valence-corrected chi connectivity index (χ3v) is 4.08. The van der Waals surface area contributed by atoms with Crippen LogP contribution in [0.4, 0.5) is 10.9 Å². The molecular formula is C13H15N5O2S. The molecule has 0 spiro atoms. The van der Waals surface area contributed by atoms with E-state index in [0.29, 0.717) is 29.6 Å². The Kier molecular flexibility index (Phi) is 3.70. The molecule has 1 N–H and O–H groups in total. The number of hydrogen-bond donors (Lipinski definition) is 1. The van der Waals surface area contributed by atoms with Crippen molar-refractivity contribution in [2.24, 2.45) is 7.05 Å². The molecule has 3 rings (SSSR count). The summed E-state index contributed by atoms with van der Waals surface area (Å²) in [4.78, 5) is 29.6. The van der Waals surface area contributed by atoms with E-state index in [1.54, 1.807) is 28.9 Å². The molecule has 110 valence electrons. The summed E-state index contributed by atoms with van der Waals surface area (Å²) >= 11 is 1.40. The lowest BCUT2D eigenvalue weighted by Gasteiger charge is -2.10. The zero-order chi connectivity index (χ0) is 14.8. The van der Waals surface area contributed by atoms with Gasteiger partial charge in [0.05, 0.1) is 12.1 Å². The number of anilines is 2. The van der Waals surface area contributed by atoms with Crippen LogP contribution in [0.3, 0.4) is 0 Å². The third kappa shape index (κ3) is 3.10. The second kappa shape index (κ2) is 5.65. The summed E-state index contributed by atoms with van der Waals surface area (Å²) in [5, 5.41) is 9.29. The van der Waals surface area contributed by atoms with Crippen LogP contribution in [-0.2, 0) is 23.1 Å². The van der Waals surface area contributed by atoms with Crippen molar-refractivity contribution < 1.29 is 9.59 Å². The highest BCUT2D eigenvalue weighted by molar-refractivity contribution is 7.14. The van der Waals surface area contributed by atoms with Gasteiger partial charge in [0.25, 0.3) is 0 Å². The Bertz CT molecular complexity index is 678. The number of nitrogens with zero attached hydrogens (tertiary/aromatic N) is 4. The van der Waals surface area contributed by atoms with Crippen molar-refractivity contribution >= 4 is 34.1 Å². The fourth-order valence-corrected chi connectivity index (χ4v) is 3.05. The molecule has 1 aliphatic rings. The van der Waals surface area contributed by atoms with Crippen molar-refractivity contribution in [3.05, 3.63) is 23.3 Å². The van der Waals surface area contributed by atoms with Gasteiger partial charge in [0.2, 0.25) is 11.8 Å². The minimum atomic E-state index is -0.168. The highest BCUT2D eigenvalue weighted by atomic mass is 32.1. The second-order valence-corrected chi connectivity index (χ2v) is 5.71. The lowest BCUT2D eigenvalue weighted by molar-refractivity contribution is -0.117. The largest absolute Gasteiger partial charge is 0.309 e. The molecule has 1 aliphatic heterocycles. The van der Waals surface area contributed by atoms with E-state index in [1.807, 2.05) is 5.38 Å². The standard InChI is InChI=1S/C13H15N5O2S/c1-17-6-4-10(16-17)15-11(19)7-9-8-21-13(14-9)18-5-2-3-12(18)20/h4,6,8H,2-3,5,7H2,1H3,(H,15,16,19). The molecule has 7 nitrogen and oxygen atoms in total. The van der Waals surface area contributed by atoms with Gasteiger partial charge in [-0.25, -0.2) is 4.98 Å². The quantitative estimate of drug-likeness (QED) is 0.920. The Labute approximate surface area is 125 Å². The number of aromatic nitrogens is 3. The van der Waals surface area contributed by atoms with Crippen LogP contribution in [0, 0.1) is 0 Å². The first-order valence-corrected chi connectivity index (χ1v) is 7.54. The molecule has 1 fully saturated rings. The highest BCUT2D eigenvalue weighted by Gasteiger charge is 2.24. The molecule has 0 aliphatic carbocycles. The molecule has 3 heterocycles. The van der Waals surface area contributed by atoms with Gasteiger partial charge in [-0.1, -0.05) is 0 Å². The Morgan fingerprint density at radius 1 is 1.52 bits per heavy atom. The number of carbonyl (C=O) groups excluding carboxylic acids is 2. The first-order valence-electron chi connectivity index (χ1n) is 6.66. The van der Waals surface area contributed by atoms with Crippen molar-refractivity contribution in [3.63, 3.8) is 0 Å². The summed E-state index contributed by atoms with van der Waals surface area (Å²) in [7, 11) is 1.79. The Morgan fingerprint density at radius 3 is 3.05 bits per heavy atom. The van der Waals surface area contributed by atoms with Crippen LogP contribution in [0.25, 0.3) is 0 Å².